The molecule has 1 aliphatic carbocycles. The topological polar surface area (TPSA) is 165 Å². The summed E-state index contributed by atoms with van der Waals surface area (Å²) in [5.74, 6) is -0.347. The number of imide groups is 1. The first kappa shape index (κ1) is 40.4. The Kier molecular flexibility index (Phi) is 11.6. The molecule has 5 aromatic rings. The van der Waals surface area contributed by atoms with E-state index >= 15 is 0 Å². The third-order valence-corrected chi connectivity index (χ3v) is 13.4. The van der Waals surface area contributed by atoms with Crippen molar-refractivity contribution in [3.63, 3.8) is 0 Å². The van der Waals surface area contributed by atoms with E-state index in [4.69, 9.17) is 4.42 Å². The van der Waals surface area contributed by atoms with Crippen LogP contribution in [-0.2, 0) is 14.4 Å². The molecule has 14 nitrogen and oxygen atoms in total. The Bertz CT molecular complexity index is 2540. The van der Waals surface area contributed by atoms with Gasteiger partial charge in [-0.05, 0) is 132 Å². The minimum atomic E-state index is -0.751. The van der Waals surface area contributed by atoms with E-state index in [2.05, 4.69) is 30.4 Å². The smallest absolute Gasteiger partial charge is 0.408 e. The lowest BCUT2D eigenvalue weighted by Crippen LogP contribution is -2.44. The van der Waals surface area contributed by atoms with Gasteiger partial charge in [0.2, 0.25) is 23.7 Å². The van der Waals surface area contributed by atoms with E-state index < -0.39 is 23.5 Å². The average molecular weight is 831 g/mol. The number of oxazole rings is 1. The van der Waals surface area contributed by atoms with Crippen LogP contribution in [0.4, 0.5) is 10.3 Å². The first-order chi connectivity index (χ1) is 29.7. The Morgan fingerprint density at radius 1 is 0.869 bits per heavy atom. The number of fused-ring (bicyclic) bond motifs is 1. The minimum Gasteiger partial charge on any atom is -0.408 e. The van der Waals surface area contributed by atoms with Crippen molar-refractivity contribution in [2.75, 3.05) is 38.0 Å². The molecule has 1 unspecified atom stereocenters. The van der Waals surface area contributed by atoms with Gasteiger partial charge in [-0.25, -0.2) is 19.2 Å². The van der Waals surface area contributed by atoms with E-state index in [0.717, 1.165) is 96.1 Å². The zero-order valence-corrected chi connectivity index (χ0v) is 34.1. The molecular formula is C46H51FN8O6. The van der Waals surface area contributed by atoms with Crippen LogP contribution in [0.15, 0.2) is 87.1 Å². The van der Waals surface area contributed by atoms with Crippen molar-refractivity contribution in [3.05, 3.63) is 105 Å². The number of nitrogens with zero attached hydrogens (tertiary/aromatic N) is 6. The molecular weight excluding hydrogens is 780 g/mol. The van der Waals surface area contributed by atoms with Crippen LogP contribution in [0.3, 0.4) is 0 Å². The fourth-order valence-electron chi connectivity index (χ4n) is 9.84. The number of carbonyl (C=O) groups excluding carboxylic acids is 3. The third kappa shape index (κ3) is 8.79. The molecule has 2 aromatic carbocycles. The Labute approximate surface area is 352 Å². The molecule has 6 heterocycles. The number of hydrogen-bond acceptors (Lipinski definition) is 10. The van der Waals surface area contributed by atoms with E-state index in [1.54, 1.807) is 42.6 Å². The van der Waals surface area contributed by atoms with Gasteiger partial charge >= 0.3 is 5.76 Å². The van der Waals surface area contributed by atoms with Gasteiger partial charge in [0, 0.05) is 55.0 Å². The molecule has 0 bridgehead atoms. The maximum absolute atomic E-state index is 15.0. The van der Waals surface area contributed by atoms with E-state index in [1.807, 2.05) is 18.2 Å². The maximum atomic E-state index is 15.0. The Hall–Kier alpha value is -5.96. The van der Waals surface area contributed by atoms with Crippen LogP contribution in [-0.4, -0.2) is 85.4 Å². The van der Waals surface area contributed by atoms with E-state index in [0.29, 0.717) is 40.1 Å². The molecule has 15 heteroatoms. The minimum absolute atomic E-state index is 0.00622. The number of piperidine rings is 3. The van der Waals surface area contributed by atoms with Crippen LogP contribution in [0.5, 0.6) is 0 Å². The highest BCUT2D eigenvalue weighted by atomic mass is 19.1. The van der Waals surface area contributed by atoms with Crippen molar-refractivity contribution in [1.29, 1.82) is 0 Å². The summed E-state index contributed by atoms with van der Waals surface area (Å²) < 4.78 is 23.5. The maximum Gasteiger partial charge on any atom is 0.420 e. The number of benzene rings is 2. The fraction of sp³-hybridized carbons (Fsp3) is 0.457. The number of anilines is 1. The second-order valence-electron chi connectivity index (χ2n) is 17.1. The summed E-state index contributed by atoms with van der Waals surface area (Å²) in [6, 6.07) is 17.2. The lowest BCUT2D eigenvalue weighted by molar-refractivity contribution is -0.138. The molecule has 2 N–H and O–H groups in total. The number of hydrogen-bond donors (Lipinski definition) is 2. The van der Waals surface area contributed by atoms with Gasteiger partial charge in [0.25, 0.3) is 5.56 Å². The summed E-state index contributed by atoms with van der Waals surface area (Å²) in [6.45, 7) is 4.66. The molecule has 318 valence electrons. The molecule has 0 radical (unpaired) electrons. The molecule has 9 rings (SSSR count). The molecule has 3 amide bonds. The zero-order chi connectivity index (χ0) is 42.0. The molecule has 1 saturated carbocycles. The van der Waals surface area contributed by atoms with Crippen molar-refractivity contribution >= 4 is 34.8 Å². The number of carbonyl (C=O) groups is 3. The Balaban J connectivity index is 0.703. The average Bonchev–Trinajstić information content (AvgIpc) is 3.61. The van der Waals surface area contributed by atoms with Crippen molar-refractivity contribution in [2.24, 2.45) is 11.8 Å². The van der Waals surface area contributed by atoms with E-state index in [1.165, 1.54) is 21.4 Å². The first-order valence-corrected chi connectivity index (χ1v) is 21.7. The highest BCUT2D eigenvalue weighted by Crippen LogP contribution is 2.34. The second kappa shape index (κ2) is 17.6. The second-order valence-corrected chi connectivity index (χ2v) is 17.1. The van der Waals surface area contributed by atoms with Crippen molar-refractivity contribution in [1.82, 2.24) is 34.2 Å². The van der Waals surface area contributed by atoms with Gasteiger partial charge < -0.3 is 19.5 Å². The number of nitrogens with one attached hydrogen (secondary N) is 2. The van der Waals surface area contributed by atoms with Gasteiger partial charge in [0.15, 0.2) is 11.4 Å². The van der Waals surface area contributed by atoms with Crippen molar-refractivity contribution in [2.45, 2.75) is 88.6 Å². The normalized spacial score (nSPS) is 22.0. The number of rotatable bonds is 10. The van der Waals surface area contributed by atoms with E-state index in [-0.39, 0.29) is 47.9 Å². The van der Waals surface area contributed by atoms with Gasteiger partial charge in [-0.1, -0.05) is 24.3 Å². The monoisotopic (exact) mass is 830 g/mol. The highest BCUT2D eigenvalue weighted by molar-refractivity contribution is 6.00. The fourth-order valence-corrected chi connectivity index (χ4v) is 9.84. The largest absolute Gasteiger partial charge is 0.420 e. The first-order valence-electron chi connectivity index (χ1n) is 21.7. The summed E-state index contributed by atoms with van der Waals surface area (Å²) in [5, 5.41) is 5.71. The number of pyridine rings is 1. The lowest BCUT2D eigenvalue weighted by Gasteiger charge is -2.37. The number of likely N-dealkylation sites (tertiary alicyclic amines) is 2. The summed E-state index contributed by atoms with van der Waals surface area (Å²) in [5.41, 5.74) is 3.32. The van der Waals surface area contributed by atoms with Crippen LogP contribution in [0, 0.1) is 17.7 Å². The van der Waals surface area contributed by atoms with Crippen molar-refractivity contribution < 1.29 is 23.2 Å². The SMILES string of the molecule is O=C1CCC(n2c(=O)oc3cc(C4CCN(CCC5CCN(C(=O)C6CCC(Nc7ncc(F)c(-c8cccc(-n9ccccc9=O)c8)n7)CC6)CC5)CC4)ccc32)C(=O)N1. The highest BCUT2D eigenvalue weighted by Gasteiger charge is 2.34. The van der Waals surface area contributed by atoms with Gasteiger partial charge in [-0.3, -0.25) is 33.6 Å². The number of amides is 3. The van der Waals surface area contributed by atoms with Crippen molar-refractivity contribution in [3.8, 4) is 16.9 Å². The molecule has 3 aliphatic heterocycles. The van der Waals surface area contributed by atoms with Gasteiger partial charge in [-0.15, -0.1) is 0 Å². The van der Waals surface area contributed by atoms with Gasteiger partial charge in [0.05, 0.1) is 11.7 Å². The van der Waals surface area contributed by atoms with Gasteiger partial charge in [-0.2, -0.15) is 0 Å². The summed E-state index contributed by atoms with van der Waals surface area (Å²) in [4.78, 5) is 76.2. The molecule has 4 aliphatic rings. The molecule has 4 fully saturated rings. The predicted molar refractivity (Wildman–Crippen MR) is 227 cm³/mol. The molecule has 1 atom stereocenters. The van der Waals surface area contributed by atoms with E-state index in [9.17, 15) is 28.4 Å². The van der Waals surface area contributed by atoms with Crippen LogP contribution in [0.2, 0.25) is 0 Å². The number of aromatic nitrogens is 4. The van der Waals surface area contributed by atoms with Gasteiger partial charge in [0.1, 0.15) is 11.7 Å². The summed E-state index contributed by atoms with van der Waals surface area (Å²) in [6.07, 6.45) is 11.7. The van der Waals surface area contributed by atoms with Crippen LogP contribution < -0.4 is 21.9 Å². The van der Waals surface area contributed by atoms with Crippen LogP contribution in [0.25, 0.3) is 28.0 Å². The molecule has 0 spiro atoms. The standard InChI is InChI=1S/C46H51FN8O6/c47-36-28-48-45(51-42(36)33-4-3-5-35(26-33)54-20-2-1-6-41(54)57)49-34-10-7-31(8-11-34)44(59)53-24-16-29(17-25-53)15-21-52-22-18-30(19-23-52)32-9-12-37-39(27-32)61-46(60)55(37)38-13-14-40(56)50-43(38)58/h1-6,9,12,20,26-31,34,38H,7-8,10-11,13-19,21-25H2,(H,48,49,51)(H,50,56,58). The quantitative estimate of drug-likeness (QED) is 0.165. The molecule has 3 saturated heterocycles. The third-order valence-electron chi connectivity index (χ3n) is 13.4. The summed E-state index contributed by atoms with van der Waals surface area (Å²) >= 11 is 0. The Morgan fingerprint density at radius 2 is 1.67 bits per heavy atom. The van der Waals surface area contributed by atoms with Crippen LogP contribution >= 0.6 is 0 Å². The molecule has 3 aromatic heterocycles. The summed E-state index contributed by atoms with van der Waals surface area (Å²) in [7, 11) is 0. The predicted octanol–water partition coefficient (Wildman–Crippen LogP) is 5.80. The molecule has 61 heavy (non-hydrogen) atoms. The Morgan fingerprint density at radius 3 is 2.44 bits per heavy atom. The zero-order valence-electron chi connectivity index (χ0n) is 34.1. The lowest BCUT2D eigenvalue weighted by atomic mass is 9.84. The number of halogens is 1. The van der Waals surface area contributed by atoms with Crippen LogP contribution in [0.1, 0.15) is 88.2 Å².